The molecule has 0 atom stereocenters. The minimum atomic E-state index is -0.569. The highest BCUT2D eigenvalue weighted by molar-refractivity contribution is 5.82. The van der Waals surface area contributed by atoms with Crippen LogP contribution in [0.3, 0.4) is 0 Å². The summed E-state index contributed by atoms with van der Waals surface area (Å²) >= 11 is 0. The van der Waals surface area contributed by atoms with E-state index in [2.05, 4.69) is 6.58 Å². The number of allylic oxidation sites excluding steroid dienone is 2. The van der Waals surface area contributed by atoms with Crippen LogP contribution in [-0.2, 0) is 9.53 Å². The van der Waals surface area contributed by atoms with E-state index in [1.54, 1.807) is 12.2 Å². The Morgan fingerprint density at radius 3 is 2.36 bits per heavy atom. The van der Waals surface area contributed by atoms with E-state index in [9.17, 15) is 9.90 Å². The van der Waals surface area contributed by atoms with Gasteiger partial charge in [0.15, 0.2) is 11.5 Å². The van der Waals surface area contributed by atoms with Crippen LogP contribution in [0.5, 0.6) is 0 Å². The van der Waals surface area contributed by atoms with E-state index in [0.717, 1.165) is 6.08 Å². The Labute approximate surface area is 84.4 Å². The van der Waals surface area contributed by atoms with Gasteiger partial charge in [0.25, 0.3) is 0 Å². The number of hydrogen-bond acceptors (Lipinski definition) is 3. The van der Waals surface area contributed by atoms with Crippen LogP contribution in [0, 0.1) is 0 Å². The Kier molecular flexibility index (Phi) is 6.20. The van der Waals surface area contributed by atoms with Crippen LogP contribution in [0.4, 0.5) is 0 Å². The van der Waals surface area contributed by atoms with Crippen LogP contribution < -0.4 is 0 Å². The molecule has 0 aliphatic heterocycles. The van der Waals surface area contributed by atoms with Crippen molar-refractivity contribution in [2.24, 2.45) is 0 Å². The highest BCUT2D eigenvalue weighted by Crippen LogP contribution is 2.11. The van der Waals surface area contributed by atoms with Crippen LogP contribution in [-0.4, -0.2) is 11.1 Å². The molecule has 1 N–H and O–H groups in total. The lowest BCUT2D eigenvalue weighted by Crippen LogP contribution is -2.02. The fourth-order valence-electron chi connectivity index (χ4n) is 0.828. The Morgan fingerprint density at radius 2 is 1.93 bits per heavy atom. The van der Waals surface area contributed by atoms with E-state index in [0.29, 0.717) is 12.8 Å². The summed E-state index contributed by atoms with van der Waals surface area (Å²) in [6, 6.07) is 0. The van der Waals surface area contributed by atoms with E-state index in [1.165, 1.54) is 0 Å². The molecule has 0 aromatic rings. The maximum Gasteiger partial charge on any atom is 0.335 e. The number of ether oxygens (including phenoxy) is 1. The van der Waals surface area contributed by atoms with E-state index in [4.69, 9.17) is 4.74 Å². The Morgan fingerprint density at radius 1 is 1.36 bits per heavy atom. The maximum atomic E-state index is 10.9. The summed E-state index contributed by atoms with van der Waals surface area (Å²) in [5.41, 5.74) is 0. The van der Waals surface area contributed by atoms with Crippen molar-refractivity contribution >= 4 is 5.97 Å². The molecule has 0 aliphatic carbocycles. The average molecular weight is 196 g/mol. The summed E-state index contributed by atoms with van der Waals surface area (Å²) in [5.74, 6) is -0.385. The predicted octanol–water partition coefficient (Wildman–Crippen LogP) is 2.86. The zero-order valence-electron chi connectivity index (χ0n) is 8.62. The number of esters is 1. The number of carbonyl (C=O) groups excluding carboxylic acids is 1. The lowest BCUT2D eigenvalue weighted by molar-refractivity contribution is -0.133. The molecule has 0 rings (SSSR count). The number of aliphatic hydroxyl groups excluding tert-OH is 1. The van der Waals surface area contributed by atoms with Gasteiger partial charge in [-0.15, -0.1) is 0 Å². The Bertz CT molecular complexity index is 262. The minimum absolute atomic E-state index is 0.00968. The van der Waals surface area contributed by atoms with Crippen molar-refractivity contribution in [2.45, 2.75) is 26.7 Å². The van der Waals surface area contributed by atoms with Gasteiger partial charge in [0.05, 0.1) is 0 Å². The maximum absolute atomic E-state index is 10.9. The Balaban J connectivity index is 4.61. The average Bonchev–Trinajstić information content (AvgIpc) is 2.17. The largest absolute Gasteiger partial charge is 0.504 e. The van der Waals surface area contributed by atoms with Crippen molar-refractivity contribution in [2.75, 3.05) is 0 Å². The molecule has 0 saturated heterocycles. The van der Waals surface area contributed by atoms with Crippen molar-refractivity contribution in [3.8, 4) is 0 Å². The van der Waals surface area contributed by atoms with Gasteiger partial charge in [-0.2, -0.15) is 0 Å². The lowest BCUT2D eigenvalue weighted by Gasteiger charge is -2.05. The third kappa shape index (κ3) is 4.50. The first-order valence-corrected chi connectivity index (χ1v) is 4.59. The first kappa shape index (κ1) is 12.5. The second kappa shape index (κ2) is 6.95. The topological polar surface area (TPSA) is 46.5 Å². The minimum Gasteiger partial charge on any atom is -0.504 e. The summed E-state index contributed by atoms with van der Waals surface area (Å²) in [7, 11) is 0. The molecule has 3 heteroatoms. The van der Waals surface area contributed by atoms with Crippen molar-refractivity contribution < 1.29 is 14.6 Å². The highest BCUT2D eigenvalue weighted by atomic mass is 16.5. The van der Waals surface area contributed by atoms with E-state index in [1.807, 2.05) is 13.8 Å². The quantitative estimate of drug-likeness (QED) is 0.318. The molecule has 0 heterocycles. The molecule has 0 amide bonds. The molecule has 0 unspecified atom stereocenters. The zero-order chi connectivity index (χ0) is 11.0. The third-order valence-corrected chi connectivity index (χ3v) is 1.42. The monoisotopic (exact) mass is 196 g/mol. The van der Waals surface area contributed by atoms with Crippen LogP contribution in [0.15, 0.2) is 36.3 Å². The van der Waals surface area contributed by atoms with Crippen LogP contribution >= 0.6 is 0 Å². The van der Waals surface area contributed by atoms with Crippen molar-refractivity contribution in [1.29, 1.82) is 0 Å². The molecule has 3 nitrogen and oxygen atoms in total. The van der Waals surface area contributed by atoms with Gasteiger partial charge in [-0.05, 0) is 25.0 Å². The molecule has 0 radical (unpaired) electrons. The molecule has 0 fully saturated rings. The molecule has 78 valence electrons. The van der Waals surface area contributed by atoms with Gasteiger partial charge in [0.1, 0.15) is 0 Å². The van der Waals surface area contributed by atoms with E-state index >= 15 is 0 Å². The second-order valence-electron chi connectivity index (χ2n) is 2.60. The van der Waals surface area contributed by atoms with Crippen molar-refractivity contribution in [1.82, 2.24) is 0 Å². The van der Waals surface area contributed by atoms with E-state index in [-0.39, 0.29) is 11.5 Å². The van der Waals surface area contributed by atoms with Crippen molar-refractivity contribution in [3.63, 3.8) is 0 Å². The number of rotatable bonds is 5. The van der Waals surface area contributed by atoms with E-state index < -0.39 is 5.97 Å². The number of hydrogen-bond donors (Lipinski definition) is 1. The fourth-order valence-corrected chi connectivity index (χ4v) is 0.828. The van der Waals surface area contributed by atoms with Gasteiger partial charge in [-0.1, -0.05) is 20.4 Å². The third-order valence-electron chi connectivity index (χ3n) is 1.42. The second-order valence-corrected chi connectivity index (χ2v) is 2.60. The standard InChI is InChI=1S/C11H16O3/c1-4-7-9(12)10(8-5-2)14-11(13)6-3/h6-8,12H,3-5H2,1-2H3. The smallest absolute Gasteiger partial charge is 0.335 e. The van der Waals surface area contributed by atoms with Gasteiger partial charge < -0.3 is 9.84 Å². The SMILES string of the molecule is C=CC(=O)OC(=CCC)C(O)=CCC. The molecule has 14 heavy (non-hydrogen) atoms. The Hall–Kier alpha value is -1.51. The number of carbonyl (C=O) groups is 1. The first-order chi connectivity index (χ1) is 6.65. The summed E-state index contributed by atoms with van der Waals surface area (Å²) in [5, 5.41) is 9.47. The molecule has 0 bridgehead atoms. The van der Waals surface area contributed by atoms with Gasteiger partial charge in [0, 0.05) is 6.08 Å². The highest BCUT2D eigenvalue weighted by Gasteiger charge is 2.06. The molecule has 0 aromatic carbocycles. The molecular weight excluding hydrogens is 180 g/mol. The van der Waals surface area contributed by atoms with Gasteiger partial charge in [-0.25, -0.2) is 4.79 Å². The van der Waals surface area contributed by atoms with Crippen LogP contribution in [0.25, 0.3) is 0 Å². The predicted molar refractivity (Wildman–Crippen MR) is 55.7 cm³/mol. The van der Waals surface area contributed by atoms with Gasteiger partial charge in [-0.3, -0.25) is 0 Å². The number of aliphatic hydroxyl groups is 1. The van der Waals surface area contributed by atoms with Gasteiger partial charge >= 0.3 is 5.97 Å². The van der Waals surface area contributed by atoms with Crippen molar-refractivity contribution in [3.05, 3.63) is 36.3 Å². The fraction of sp³-hybridized carbons (Fsp3) is 0.364. The molecule has 0 aliphatic rings. The first-order valence-electron chi connectivity index (χ1n) is 4.59. The molecular formula is C11H16O3. The van der Waals surface area contributed by atoms with Crippen LogP contribution in [0.2, 0.25) is 0 Å². The van der Waals surface area contributed by atoms with Gasteiger partial charge in [0.2, 0.25) is 0 Å². The normalized spacial score (nSPS) is 12.4. The molecule has 0 saturated carbocycles. The summed E-state index contributed by atoms with van der Waals surface area (Å²) in [6.07, 6.45) is 5.64. The molecule has 0 aromatic heterocycles. The lowest BCUT2D eigenvalue weighted by atomic mass is 10.3. The summed E-state index contributed by atoms with van der Waals surface area (Å²) in [6.45, 7) is 7.05. The summed E-state index contributed by atoms with van der Waals surface area (Å²) < 4.78 is 4.84. The summed E-state index contributed by atoms with van der Waals surface area (Å²) in [4.78, 5) is 10.9. The van der Waals surface area contributed by atoms with Crippen LogP contribution in [0.1, 0.15) is 26.7 Å². The zero-order valence-corrected chi connectivity index (χ0v) is 8.62. The molecule has 0 spiro atoms.